The molecule has 0 atom stereocenters. The molecule has 0 saturated heterocycles. The van der Waals surface area contributed by atoms with Crippen LogP contribution in [0, 0.1) is 13.8 Å². The molecular formula is C24H25NO5S. The van der Waals surface area contributed by atoms with Crippen LogP contribution in [0.1, 0.15) is 27.7 Å². The average molecular weight is 440 g/mol. The highest BCUT2D eigenvalue weighted by Crippen LogP contribution is 2.40. The largest absolute Gasteiger partial charge is 0.494 e. The molecule has 1 amide bonds. The lowest BCUT2D eigenvalue weighted by atomic mass is 10.0. The van der Waals surface area contributed by atoms with Crippen LogP contribution in [0.2, 0.25) is 0 Å². The van der Waals surface area contributed by atoms with Crippen molar-refractivity contribution in [3.63, 3.8) is 0 Å². The molecule has 2 aromatic carbocycles. The molecule has 0 unspecified atom stereocenters. The molecule has 0 spiro atoms. The van der Waals surface area contributed by atoms with E-state index in [-0.39, 0.29) is 12.5 Å². The summed E-state index contributed by atoms with van der Waals surface area (Å²) in [4.78, 5) is 26.0. The topological polar surface area (TPSA) is 73.9 Å². The van der Waals surface area contributed by atoms with E-state index in [1.807, 2.05) is 45.0 Å². The number of rotatable bonds is 8. The van der Waals surface area contributed by atoms with Crippen LogP contribution >= 0.6 is 11.3 Å². The van der Waals surface area contributed by atoms with E-state index in [9.17, 15) is 9.59 Å². The number of carbonyl (C=O) groups is 2. The summed E-state index contributed by atoms with van der Waals surface area (Å²) in [6, 6.07) is 14.9. The van der Waals surface area contributed by atoms with E-state index in [0.717, 1.165) is 27.3 Å². The molecule has 0 aliphatic heterocycles. The first-order chi connectivity index (χ1) is 14.9. The van der Waals surface area contributed by atoms with Crippen LogP contribution in [0.5, 0.6) is 11.5 Å². The summed E-state index contributed by atoms with van der Waals surface area (Å²) in [5.74, 6) is 0.424. The first-order valence-electron chi connectivity index (χ1n) is 9.87. The van der Waals surface area contributed by atoms with E-state index in [0.29, 0.717) is 22.9 Å². The molecule has 0 radical (unpaired) electrons. The van der Waals surface area contributed by atoms with Gasteiger partial charge in [0.1, 0.15) is 22.1 Å². The van der Waals surface area contributed by atoms with Crippen LogP contribution in [0.15, 0.2) is 48.5 Å². The van der Waals surface area contributed by atoms with Gasteiger partial charge in [0, 0.05) is 10.4 Å². The van der Waals surface area contributed by atoms with Crippen molar-refractivity contribution >= 4 is 28.2 Å². The van der Waals surface area contributed by atoms with Crippen LogP contribution in [0.25, 0.3) is 11.1 Å². The maximum Gasteiger partial charge on any atom is 0.341 e. The fraction of sp³-hybridized carbons (Fsp3) is 0.250. The van der Waals surface area contributed by atoms with E-state index in [1.54, 1.807) is 24.3 Å². The molecule has 0 saturated carbocycles. The van der Waals surface area contributed by atoms with Crippen molar-refractivity contribution in [1.29, 1.82) is 0 Å². The molecule has 0 bridgehead atoms. The van der Waals surface area contributed by atoms with Gasteiger partial charge in [-0.2, -0.15) is 0 Å². The van der Waals surface area contributed by atoms with Crippen LogP contribution in [-0.2, 0) is 9.53 Å². The summed E-state index contributed by atoms with van der Waals surface area (Å²) in [5.41, 5.74) is 3.13. The number of thiophene rings is 1. The van der Waals surface area contributed by atoms with E-state index in [2.05, 4.69) is 5.32 Å². The zero-order valence-corrected chi connectivity index (χ0v) is 18.8. The molecule has 6 nitrogen and oxygen atoms in total. The number of ether oxygens (including phenoxy) is 3. The molecule has 7 heteroatoms. The third kappa shape index (κ3) is 5.44. The number of amides is 1. The van der Waals surface area contributed by atoms with Crippen LogP contribution in [-0.4, -0.2) is 32.2 Å². The Morgan fingerprint density at radius 3 is 2.13 bits per heavy atom. The minimum atomic E-state index is -0.498. The highest BCUT2D eigenvalue weighted by molar-refractivity contribution is 7.17. The number of esters is 1. The molecule has 0 fully saturated rings. The Hall–Kier alpha value is -3.32. The van der Waals surface area contributed by atoms with Crippen molar-refractivity contribution in [1.82, 2.24) is 0 Å². The summed E-state index contributed by atoms with van der Waals surface area (Å²) in [7, 11) is 1.33. The van der Waals surface area contributed by atoms with Gasteiger partial charge in [-0.1, -0.05) is 29.8 Å². The first kappa shape index (κ1) is 22.4. The lowest BCUT2D eigenvalue weighted by molar-refractivity contribution is -0.118. The standard InChI is InChI=1S/C24H25NO5S/c1-5-29-18-10-12-19(13-11-18)30-14-20(26)25-23-22(24(27)28-4)21(16(3)31-23)17-8-6-15(2)7-9-17/h6-13H,5,14H2,1-4H3,(H,25,26). The fourth-order valence-electron chi connectivity index (χ4n) is 3.11. The van der Waals surface area contributed by atoms with Gasteiger partial charge < -0.3 is 19.5 Å². The summed E-state index contributed by atoms with van der Waals surface area (Å²) in [6.45, 7) is 6.22. The Labute approximate surface area is 185 Å². The zero-order chi connectivity index (χ0) is 22.4. The van der Waals surface area contributed by atoms with Crippen molar-refractivity contribution in [3.8, 4) is 22.6 Å². The highest BCUT2D eigenvalue weighted by atomic mass is 32.1. The maximum absolute atomic E-state index is 12.5. The van der Waals surface area contributed by atoms with E-state index in [4.69, 9.17) is 14.2 Å². The van der Waals surface area contributed by atoms with Gasteiger partial charge in [0.25, 0.3) is 5.91 Å². The molecule has 1 aromatic heterocycles. The molecule has 1 N–H and O–H groups in total. The molecular weight excluding hydrogens is 414 g/mol. The average Bonchev–Trinajstić information content (AvgIpc) is 3.09. The molecule has 3 rings (SSSR count). The van der Waals surface area contributed by atoms with Crippen molar-refractivity contribution in [2.24, 2.45) is 0 Å². The molecule has 1 heterocycles. The second-order valence-electron chi connectivity index (χ2n) is 6.84. The summed E-state index contributed by atoms with van der Waals surface area (Å²) < 4.78 is 15.9. The van der Waals surface area contributed by atoms with E-state index in [1.165, 1.54) is 18.4 Å². The fourth-order valence-corrected chi connectivity index (χ4v) is 4.19. The lowest BCUT2D eigenvalue weighted by Crippen LogP contribution is -2.21. The Kier molecular flexibility index (Phi) is 7.31. The van der Waals surface area contributed by atoms with Crippen molar-refractivity contribution < 1.29 is 23.8 Å². The molecule has 0 aliphatic carbocycles. The number of anilines is 1. The number of benzene rings is 2. The van der Waals surface area contributed by atoms with Gasteiger partial charge in [-0.05, 0) is 50.6 Å². The minimum Gasteiger partial charge on any atom is -0.494 e. The Morgan fingerprint density at radius 2 is 1.55 bits per heavy atom. The third-order valence-corrected chi connectivity index (χ3v) is 5.59. The maximum atomic E-state index is 12.5. The predicted octanol–water partition coefficient (Wildman–Crippen LogP) is 5.23. The summed E-state index contributed by atoms with van der Waals surface area (Å²) in [6.07, 6.45) is 0. The predicted molar refractivity (Wildman–Crippen MR) is 122 cm³/mol. The first-order valence-corrected chi connectivity index (χ1v) is 10.7. The highest BCUT2D eigenvalue weighted by Gasteiger charge is 2.25. The number of aryl methyl sites for hydroxylation is 2. The Balaban J connectivity index is 1.77. The SMILES string of the molecule is CCOc1ccc(OCC(=O)Nc2sc(C)c(-c3ccc(C)cc3)c2C(=O)OC)cc1. The number of nitrogens with one attached hydrogen (secondary N) is 1. The minimum absolute atomic E-state index is 0.189. The van der Waals surface area contributed by atoms with Crippen molar-refractivity contribution in [2.45, 2.75) is 20.8 Å². The summed E-state index contributed by atoms with van der Waals surface area (Å²) in [5, 5.41) is 3.24. The van der Waals surface area contributed by atoms with Gasteiger partial charge in [0.05, 0.1) is 13.7 Å². The molecule has 3 aromatic rings. The van der Waals surface area contributed by atoms with E-state index < -0.39 is 5.97 Å². The van der Waals surface area contributed by atoms with Crippen molar-refractivity contribution in [3.05, 3.63) is 64.5 Å². The van der Waals surface area contributed by atoms with E-state index >= 15 is 0 Å². The monoisotopic (exact) mass is 439 g/mol. The zero-order valence-electron chi connectivity index (χ0n) is 18.0. The molecule has 31 heavy (non-hydrogen) atoms. The van der Waals surface area contributed by atoms with Crippen LogP contribution < -0.4 is 14.8 Å². The number of hydrogen-bond acceptors (Lipinski definition) is 6. The molecule has 162 valence electrons. The van der Waals surface area contributed by atoms with Gasteiger partial charge >= 0.3 is 5.97 Å². The van der Waals surface area contributed by atoms with Crippen LogP contribution in [0.3, 0.4) is 0 Å². The second-order valence-corrected chi connectivity index (χ2v) is 8.06. The normalized spacial score (nSPS) is 10.5. The number of carbonyl (C=O) groups excluding carboxylic acids is 2. The van der Waals surface area contributed by atoms with Gasteiger partial charge in [-0.3, -0.25) is 4.79 Å². The van der Waals surface area contributed by atoms with Gasteiger partial charge in [-0.25, -0.2) is 4.79 Å². The lowest BCUT2D eigenvalue weighted by Gasteiger charge is -2.10. The Morgan fingerprint density at radius 1 is 0.935 bits per heavy atom. The quantitative estimate of drug-likeness (QED) is 0.486. The smallest absolute Gasteiger partial charge is 0.341 e. The number of methoxy groups -OCH3 is 1. The molecule has 0 aliphatic rings. The van der Waals surface area contributed by atoms with Gasteiger partial charge in [0.15, 0.2) is 6.61 Å². The third-order valence-electron chi connectivity index (χ3n) is 4.57. The van der Waals surface area contributed by atoms with Gasteiger partial charge in [0.2, 0.25) is 0 Å². The van der Waals surface area contributed by atoms with Crippen molar-refractivity contribution in [2.75, 3.05) is 25.6 Å². The van der Waals surface area contributed by atoms with Crippen LogP contribution in [0.4, 0.5) is 5.00 Å². The Bertz CT molecular complexity index is 1050. The van der Waals surface area contributed by atoms with Gasteiger partial charge in [-0.15, -0.1) is 11.3 Å². The number of hydrogen-bond donors (Lipinski definition) is 1. The summed E-state index contributed by atoms with van der Waals surface area (Å²) >= 11 is 1.34. The second kappa shape index (κ2) is 10.1.